The van der Waals surface area contributed by atoms with Gasteiger partial charge in [-0.2, -0.15) is 0 Å². The first kappa shape index (κ1) is 13.1. The van der Waals surface area contributed by atoms with Gasteiger partial charge in [0.05, 0.1) is 0 Å². The molecule has 2 aliphatic rings. The third kappa shape index (κ3) is 2.01. The van der Waals surface area contributed by atoms with Crippen molar-refractivity contribution in [3.05, 3.63) is 22.4 Å². The van der Waals surface area contributed by atoms with Crippen LogP contribution in [-0.2, 0) is 4.79 Å². The molecule has 3 rings (SSSR count). The Morgan fingerprint density at radius 1 is 1.53 bits per heavy atom. The minimum atomic E-state index is -0.226. The van der Waals surface area contributed by atoms with E-state index in [2.05, 4.69) is 48.5 Å². The third-order valence-electron chi connectivity index (χ3n) is 4.80. The fourth-order valence-electron chi connectivity index (χ4n) is 2.93. The number of amides is 1. The van der Waals surface area contributed by atoms with E-state index in [0.717, 1.165) is 19.3 Å². The minimum Gasteiger partial charge on any atom is -0.317 e. The van der Waals surface area contributed by atoms with Gasteiger partial charge in [0.1, 0.15) is 11.7 Å². The number of nitrogens with zero attached hydrogens (tertiary/aromatic N) is 1. The summed E-state index contributed by atoms with van der Waals surface area (Å²) in [5.41, 5.74) is -0.226. The molecule has 19 heavy (non-hydrogen) atoms. The SMILES string of the molecule is CCC(C)C(C)N1C(=O)C2(CC2)NC1c1cccs1. The molecule has 3 nitrogen and oxygen atoms in total. The average molecular weight is 278 g/mol. The Bertz CT molecular complexity index is 466. The van der Waals surface area contributed by atoms with Crippen molar-refractivity contribution in [2.45, 2.75) is 57.8 Å². The van der Waals surface area contributed by atoms with Crippen LogP contribution in [0.2, 0.25) is 0 Å². The molecule has 104 valence electrons. The standard InChI is InChI=1S/C15H22N2OS/c1-4-10(2)11(3)17-13(12-6-5-9-19-12)16-15(7-8-15)14(17)18/h5-6,9-11,13,16H,4,7-8H2,1-3H3. The van der Waals surface area contributed by atoms with Gasteiger partial charge in [0.25, 0.3) is 0 Å². The normalized spacial score (nSPS) is 27.8. The molecule has 0 radical (unpaired) electrons. The van der Waals surface area contributed by atoms with Gasteiger partial charge in [0, 0.05) is 10.9 Å². The van der Waals surface area contributed by atoms with Crippen LogP contribution in [0.5, 0.6) is 0 Å². The van der Waals surface area contributed by atoms with Gasteiger partial charge in [-0.3, -0.25) is 10.1 Å². The molecule has 1 aliphatic heterocycles. The van der Waals surface area contributed by atoms with E-state index >= 15 is 0 Å². The van der Waals surface area contributed by atoms with Crippen molar-refractivity contribution >= 4 is 17.2 Å². The first-order chi connectivity index (χ1) is 9.09. The van der Waals surface area contributed by atoms with Gasteiger partial charge in [-0.25, -0.2) is 0 Å². The molecule has 3 atom stereocenters. The van der Waals surface area contributed by atoms with Crippen LogP contribution in [0.15, 0.2) is 17.5 Å². The molecule has 1 aromatic heterocycles. The van der Waals surface area contributed by atoms with Gasteiger partial charge in [0.2, 0.25) is 5.91 Å². The summed E-state index contributed by atoms with van der Waals surface area (Å²) in [6, 6.07) is 4.49. The van der Waals surface area contributed by atoms with E-state index in [4.69, 9.17) is 0 Å². The zero-order valence-corrected chi connectivity index (χ0v) is 12.7. The van der Waals surface area contributed by atoms with E-state index in [0.29, 0.717) is 11.8 Å². The van der Waals surface area contributed by atoms with E-state index in [1.807, 2.05) is 0 Å². The van der Waals surface area contributed by atoms with E-state index < -0.39 is 0 Å². The van der Waals surface area contributed by atoms with E-state index in [9.17, 15) is 4.79 Å². The quantitative estimate of drug-likeness (QED) is 0.917. The monoisotopic (exact) mass is 278 g/mol. The van der Waals surface area contributed by atoms with E-state index in [1.54, 1.807) is 11.3 Å². The predicted molar refractivity (Wildman–Crippen MR) is 77.9 cm³/mol. The highest BCUT2D eigenvalue weighted by Crippen LogP contribution is 2.48. The van der Waals surface area contributed by atoms with Gasteiger partial charge in [-0.05, 0) is 37.1 Å². The van der Waals surface area contributed by atoms with Crippen molar-refractivity contribution in [1.29, 1.82) is 0 Å². The Labute approximate surface area is 119 Å². The topological polar surface area (TPSA) is 32.3 Å². The molecule has 3 unspecified atom stereocenters. The maximum Gasteiger partial charge on any atom is 0.244 e. The fourth-order valence-corrected chi connectivity index (χ4v) is 3.70. The van der Waals surface area contributed by atoms with Crippen LogP contribution in [-0.4, -0.2) is 22.4 Å². The molecule has 1 amide bonds. The molecule has 2 fully saturated rings. The molecule has 1 saturated heterocycles. The van der Waals surface area contributed by atoms with E-state index in [1.165, 1.54) is 4.88 Å². The Hall–Kier alpha value is -0.870. The number of carbonyl (C=O) groups excluding carboxylic acids is 1. The molecule has 1 saturated carbocycles. The van der Waals surface area contributed by atoms with Crippen LogP contribution in [0.25, 0.3) is 0 Å². The Morgan fingerprint density at radius 3 is 2.79 bits per heavy atom. The maximum absolute atomic E-state index is 12.7. The lowest BCUT2D eigenvalue weighted by molar-refractivity contribution is -0.133. The second kappa shape index (κ2) is 4.60. The molecule has 0 aromatic carbocycles. The summed E-state index contributed by atoms with van der Waals surface area (Å²) in [5, 5.41) is 5.68. The summed E-state index contributed by atoms with van der Waals surface area (Å²) in [5.74, 6) is 0.848. The Morgan fingerprint density at radius 2 is 2.26 bits per heavy atom. The van der Waals surface area contributed by atoms with Gasteiger partial charge >= 0.3 is 0 Å². The second-order valence-electron chi connectivity index (χ2n) is 5.98. The van der Waals surface area contributed by atoms with E-state index in [-0.39, 0.29) is 17.7 Å². The lowest BCUT2D eigenvalue weighted by Gasteiger charge is -2.33. The molecular formula is C15H22N2OS. The third-order valence-corrected chi connectivity index (χ3v) is 5.73. The van der Waals surface area contributed by atoms with Crippen molar-refractivity contribution in [1.82, 2.24) is 10.2 Å². The van der Waals surface area contributed by atoms with Crippen molar-refractivity contribution in [2.24, 2.45) is 5.92 Å². The largest absolute Gasteiger partial charge is 0.317 e. The van der Waals surface area contributed by atoms with Crippen LogP contribution in [0.1, 0.15) is 51.1 Å². The maximum atomic E-state index is 12.7. The summed E-state index contributed by atoms with van der Waals surface area (Å²) in [4.78, 5) is 16.1. The summed E-state index contributed by atoms with van der Waals surface area (Å²) >= 11 is 1.73. The van der Waals surface area contributed by atoms with Crippen LogP contribution in [0.4, 0.5) is 0 Å². The fraction of sp³-hybridized carbons (Fsp3) is 0.667. The van der Waals surface area contributed by atoms with Gasteiger partial charge < -0.3 is 4.90 Å². The minimum absolute atomic E-state index is 0.0824. The predicted octanol–water partition coefficient (Wildman–Crippen LogP) is 3.15. The van der Waals surface area contributed by atoms with Crippen LogP contribution in [0, 0.1) is 5.92 Å². The molecule has 1 spiro atoms. The molecule has 1 aliphatic carbocycles. The Kier molecular flexibility index (Phi) is 3.18. The number of carbonyl (C=O) groups is 1. The number of nitrogens with one attached hydrogen (secondary N) is 1. The highest BCUT2D eigenvalue weighted by molar-refractivity contribution is 7.10. The zero-order chi connectivity index (χ0) is 13.6. The molecular weight excluding hydrogens is 256 g/mol. The van der Waals surface area contributed by atoms with Gasteiger partial charge in [-0.15, -0.1) is 11.3 Å². The number of hydrogen-bond acceptors (Lipinski definition) is 3. The summed E-state index contributed by atoms with van der Waals surface area (Å²) in [7, 11) is 0. The lowest BCUT2D eigenvalue weighted by atomic mass is 9.98. The highest BCUT2D eigenvalue weighted by Gasteiger charge is 2.60. The number of hydrogen-bond donors (Lipinski definition) is 1. The zero-order valence-electron chi connectivity index (χ0n) is 11.8. The smallest absolute Gasteiger partial charge is 0.244 e. The van der Waals surface area contributed by atoms with Crippen LogP contribution < -0.4 is 5.32 Å². The van der Waals surface area contributed by atoms with Crippen LogP contribution in [0.3, 0.4) is 0 Å². The first-order valence-electron chi connectivity index (χ1n) is 7.23. The summed E-state index contributed by atoms with van der Waals surface area (Å²) < 4.78 is 0. The second-order valence-corrected chi connectivity index (χ2v) is 6.96. The molecule has 4 heteroatoms. The first-order valence-corrected chi connectivity index (χ1v) is 8.11. The number of rotatable bonds is 4. The van der Waals surface area contributed by atoms with Crippen molar-refractivity contribution in [2.75, 3.05) is 0 Å². The average Bonchev–Trinajstić information content (AvgIpc) is 2.88. The summed E-state index contributed by atoms with van der Waals surface area (Å²) in [6.45, 7) is 6.62. The van der Waals surface area contributed by atoms with Crippen LogP contribution >= 0.6 is 11.3 Å². The molecule has 1 N–H and O–H groups in total. The number of thiophene rings is 1. The van der Waals surface area contributed by atoms with Gasteiger partial charge in [0.15, 0.2) is 0 Å². The lowest BCUT2D eigenvalue weighted by Crippen LogP contribution is -2.42. The van der Waals surface area contributed by atoms with Crippen molar-refractivity contribution < 1.29 is 4.79 Å². The van der Waals surface area contributed by atoms with Crippen molar-refractivity contribution in [3.63, 3.8) is 0 Å². The molecule has 0 bridgehead atoms. The highest BCUT2D eigenvalue weighted by atomic mass is 32.1. The van der Waals surface area contributed by atoms with Gasteiger partial charge in [-0.1, -0.05) is 26.3 Å². The molecule has 1 aromatic rings. The Balaban J connectivity index is 1.91. The van der Waals surface area contributed by atoms with Crippen molar-refractivity contribution in [3.8, 4) is 0 Å². The molecule has 2 heterocycles. The summed E-state index contributed by atoms with van der Waals surface area (Å²) in [6.07, 6.45) is 3.18.